The van der Waals surface area contributed by atoms with Crippen molar-refractivity contribution < 1.29 is 14.3 Å². The van der Waals surface area contributed by atoms with Gasteiger partial charge in [-0.1, -0.05) is 80.5 Å². The van der Waals surface area contributed by atoms with Gasteiger partial charge in [0.2, 0.25) is 11.8 Å². The van der Waals surface area contributed by atoms with E-state index in [1.807, 2.05) is 31.2 Å². The van der Waals surface area contributed by atoms with Gasteiger partial charge in [-0.15, -0.1) is 0 Å². The maximum absolute atomic E-state index is 14.0. The fourth-order valence-corrected chi connectivity index (χ4v) is 7.89. The molecular weight excluding hydrogens is 608 g/mol. The fraction of sp³-hybridized carbons (Fsp3) is 0.179. The third-order valence-electron chi connectivity index (χ3n) is 6.73. The lowest BCUT2D eigenvalue weighted by molar-refractivity contribution is -0.122. The molecule has 0 aliphatic carbocycles. The smallest absolute Gasteiger partial charge is 0.305 e. The summed E-state index contributed by atoms with van der Waals surface area (Å²) in [5, 5.41) is 0.385. The molecule has 3 heterocycles. The molecule has 1 N–H and O–H groups in total. The quantitative estimate of drug-likeness (QED) is 0.255. The Bertz CT molecular complexity index is 1620. The fourth-order valence-electron chi connectivity index (χ4n) is 4.94. The molecule has 3 aromatic carbocycles. The molecule has 0 radical (unpaired) electrons. The second-order valence-corrected chi connectivity index (χ2v) is 12.7. The van der Waals surface area contributed by atoms with Gasteiger partial charge in [0, 0.05) is 25.9 Å². The highest BCUT2D eigenvalue weighted by Gasteiger charge is 2.56. The van der Waals surface area contributed by atoms with Gasteiger partial charge < -0.3 is 9.72 Å². The number of hydrogen-bond donors (Lipinski definition) is 1. The highest BCUT2D eigenvalue weighted by atomic mass is 79.9. The number of H-pyrrole nitrogens is 1. The molecule has 4 aromatic rings. The molecule has 0 unspecified atom stereocenters. The van der Waals surface area contributed by atoms with Crippen molar-refractivity contribution in [3.8, 4) is 5.75 Å². The summed E-state index contributed by atoms with van der Waals surface area (Å²) in [6.07, 6.45) is 0. The van der Waals surface area contributed by atoms with Crippen molar-refractivity contribution in [2.75, 3.05) is 4.90 Å². The number of carbonyl (C=O) groups is 2. The number of carbonyl (C=O) groups excluding carboxylic acids is 2. The monoisotopic (exact) mass is 626 g/mol. The normalized spacial score (nSPS) is 20.4. The van der Waals surface area contributed by atoms with Crippen molar-refractivity contribution in [1.29, 1.82) is 0 Å². The summed E-state index contributed by atoms with van der Waals surface area (Å²) < 4.78 is 7.11. The number of imide groups is 1. The lowest BCUT2D eigenvalue weighted by Gasteiger charge is -2.31. The van der Waals surface area contributed by atoms with Crippen molar-refractivity contribution in [1.82, 2.24) is 4.98 Å². The number of amides is 2. The van der Waals surface area contributed by atoms with E-state index >= 15 is 0 Å². The van der Waals surface area contributed by atoms with Crippen LogP contribution < -0.4 is 14.5 Å². The SMILES string of the molecule is Cc1ccc(COc2ccc(Cl)cc2[C@@H]2c3sc(=O)[nH]c3S[C@H]3C(=O)N(c4ccc(Br)cc4)C(=O)[C@@H]23)cc1. The third-order valence-corrected chi connectivity index (χ3v) is 9.90. The number of nitrogens with one attached hydrogen (secondary N) is 1. The number of halogens is 2. The number of aromatic nitrogens is 1. The molecule has 1 saturated heterocycles. The summed E-state index contributed by atoms with van der Waals surface area (Å²) in [4.78, 5) is 44.6. The van der Waals surface area contributed by atoms with Gasteiger partial charge in [-0.05, 0) is 55.0 Å². The first-order chi connectivity index (χ1) is 18.3. The Labute approximate surface area is 240 Å². The molecule has 3 atom stereocenters. The summed E-state index contributed by atoms with van der Waals surface area (Å²) in [5.41, 5.74) is 3.33. The number of aromatic amines is 1. The van der Waals surface area contributed by atoms with E-state index in [1.165, 1.54) is 16.7 Å². The number of ether oxygens (including phenoxy) is 1. The van der Waals surface area contributed by atoms with Gasteiger partial charge in [0.15, 0.2) is 0 Å². The lowest BCUT2D eigenvalue weighted by Crippen LogP contribution is -2.32. The largest absolute Gasteiger partial charge is 0.489 e. The molecule has 2 aliphatic heterocycles. The number of benzene rings is 3. The van der Waals surface area contributed by atoms with E-state index in [2.05, 4.69) is 20.9 Å². The van der Waals surface area contributed by atoms with Gasteiger partial charge in [-0.25, -0.2) is 4.90 Å². The molecule has 38 heavy (non-hydrogen) atoms. The first-order valence-electron chi connectivity index (χ1n) is 11.8. The maximum atomic E-state index is 14.0. The van der Waals surface area contributed by atoms with E-state index < -0.39 is 17.1 Å². The first-order valence-corrected chi connectivity index (χ1v) is 14.7. The van der Waals surface area contributed by atoms with E-state index in [4.69, 9.17) is 16.3 Å². The molecule has 6 nitrogen and oxygen atoms in total. The Morgan fingerprint density at radius 2 is 1.74 bits per heavy atom. The number of aryl methyl sites for hydroxylation is 1. The number of nitrogens with zero attached hydrogens (tertiary/aromatic N) is 1. The van der Waals surface area contributed by atoms with Crippen LogP contribution in [-0.2, 0) is 16.2 Å². The number of thiazole rings is 1. The minimum Gasteiger partial charge on any atom is -0.489 e. The van der Waals surface area contributed by atoms with Crippen LogP contribution in [0.15, 0.2) is 81.0 Å². The van der Waals surface area contributed by atoms with Gasteiger partial charge >= 0.3 is 4.87 Å². The molecule has 2 amide bonds. The molecular formula is C28H20BrClN2O4S2. The zero-order valence-corrected chi connectivity index (χ0v) is 23.9. The van der Waals surface area contributed by atoms with Crippen LogP contribution in [-0.4, -0.2) is 22.0 Å². The van der Waals surface area contributed by atoms with Crippen LogP contribution in [0, 0.1) is 12.8 Å². The van der Waals surface area contributed by atoms with E-state index in [-0.39, 0.29) is 16.7 Å². The van der Waals surface area contributed by atoms with Gasteiger partial charge in [-0.2, -0.15) is 0 Å². The molecule has 1 aromatic heterocycles. The van der Waals surface area contributed by atoms with Gasteiger partial charge in [0.05, 0.1) is 16.6 Å². The number of anilines is 1. The number of thioether (sulfide) groups is 1. The average Bonchev–Trinajstić information content (AvgIpc) is 3.39. The van der Waals surface area contributed by atoms with Crippen molar-refractivity contribution in [3.63, 3.8) is 0 Å². The van der Waals surface area contributed by atoms with Crippen molar-refractivity contribution in [2.24, 2.45) is 5.92 Å². The minimum absolute atomic E-state index is 0.235. The first kappa shape index (κ1) is 25.4. The van der Waals surface area contributed by atoms with Gasteiger partial charge in [-0.3, -0.25) is 14.4 Å². The minimum atomic E-state index is -0.727. The predicted octanol–water partition coefficient (Wildman–Crippen LogP) is 6.54. The Hall–Kier alpha value is -2.85. The predicted molar refractivity (Wildman–Crippen MR) is 154 cm³/mol. The highest BCUT2D eigenvalue weighted by molar-refractivity contribution is 9.10. The van der Waals surface area contributed by atoms with Crippen LogP contribution in [0.4, 0.5) is 5.69 Å². The number of hydrogen-bond acceptors (Lipinski definition) is 6. The topological polar surface area (TPSA) is 79.5 Å². The molecule has 10 heteroatoms. The average molecular weight is 628 g/mol. The van der Waals surface area contributed by atoms with Crippen LogP contribution >= 0.6 is 50.6 Å². The summed E-state index contributed by atoms with van der Waals surface area (Å²) in [7, 11) is 0. The molecule has 1 fully saturated rings. The molecule has 192 valence electrons. The number of rotatable bonds is 5. The second-order valence-electron chi connectivity index (χ2n) is 9.19. The number of fused-ring (bicyclic) bond motifs is 2. The van der Waals surface area contributed by atoms with Crippen LogP contribution in [0.2, 0.25) is 5.02 Å². The second kappa shape index (κ2) is 10.0. The van der Waals surface area contributed by atoms with Crippen LogP contribution in [0.3, 0.4) is 0 Å². The Balaban J connectivity index is 1.44. The maximum Gasteiger partial charge on any atom is 0.305 e. The third kappa shape index (κ3) is 4.51. The summed E-state index contributed by atoms with van der Waals surface area (Å²) in [6, 6.07) is 20.4. The lowest BCUT2D eigenvalue weighted by atomic mass is 9.82. The molecule has 6 rings (SSSR count). The zero-order valence-electron chi connectivity index (χ0n) is 19.9. The van der Waals surface area contributed by atoms with Crippen LogP contribution in [0.1, 0.15) is 27.5 Å². The van der Waals surface area contributed by atoms with Crippen molar-refractivity contribution in [3.05, 3.63) is 107 Å². The summed E-state index contributed by atoms with van der Waals surface area (Å²) in [5.74, 6) is -1.37. The molecule has 2 aliphatic rings. The van der Waals surface area contributed by atoms with Gasteiger partial charge in [0.25, 0.3) is 0 Å². The zero-order chi connectivity index (χ0) is 26.6. The Morgan fingerprint density at radius 1 is 1.00 bits per heavy atom. The standard InChI is InChI=1S/C28H20BrClN2O4S2/c1-14-2-4-15(5-3-14)13-36-20-11-8-17(30)12-19(20)21-22-24(37-25-23(21)38-28(35)31-25)27(34)32(26(22)33)18-9-6-16(29)7-10-18/h2-12,21-22,24H,13H2,1H3,(H,31,35)/t21-,22-,24+/m0/s1. The van der Waals surface area contributed by atoms with E-state index in [1.54, 1.807) is 42.5 Å². The van der Waals surface area contributed by atoms with Crippen LogP contribution in [0.5, 0.6) is 5.75 Å². The van der Waals surface area contributed by atoms with Crippen molar-refractivity contribution in [2.45, 2.75) is 29.7 Å². The summed E-state index contributed by atoms with van der Waals surface area (Å²) in [6.45, 7) is 2.34. The van der Waals surface area contributed by atoms with Gasteiger partial charge in [0.1, 0.15) is 17.6 Å². The van der Waals surface area contributed by atoms with Crippen LogP contribution in [0.25, 0.3) is 0 Å². The molecule has 0 saturated carbocycles. The summed E-state index contributed by atoms with van der Waals surface area (Å²) >= 11 is 12.2. The molecule has 0 bridgehead atoms. The van der Waals surface area contributed by atoms with Crippen molar-refractivity contribution >= 4 is 68.1 Å². The highest BCUT2D eigenvalue weighted by Crippen LogP contribution is 2.54. The Morgan fingerprint density at radius 3 is 2.47 bits per heavy atom. The van der Waals surface area contributed by atoms with E-state index in [9.17, 15) is 14.4 Å². The van der Waals surface area contributed by atoms with E-state index in [0.29, 0.717) is 38.5 Å². The molecule has 0 spiro atoms. The Kier molecular flexibility index (Phi) is 6.72. The van der Waals surface area contributed by atoms with E-state index in [0.717, 1.165) is 26.9 Å².